The Morgan fingerprint density at radius 1 is 1.24 bits per heavy atom. The molecule has 0 spiro atoms. The van der Waals surface area contributed by atoms with Crippen molar-refractivity contribution in [3.63, 3.8) is 0 Å². The first-order chi connectivity index (χ1) is 8.21. The normalized spacial score (nSPS) is 12.2. The van der Waals surface area contributed by atoms with E-state index in [-0.39, 0.29) is 6.04 Å². The quantitative estimate of drug-likeness (QED) is 0.790. The fourth-order valence-electron chi connectivity index (χ4n) is 1.43. The van der Waals surface area contributed by atoms with Crippen molar-refractivity contribution in [2.45, 2.75) is 26.0 Å². The van der Waals surface area contributed by atoms with Crippen LogP contribution >= 0.6 is 0 Å². The third kappa shape index (κ3) is 4.24. The molecule has 1 rings (SSSR count). The van der Waals surface area contributed by atoms with E-state index in [1.54, 1.807) is 14.2 Å². The first-order valence-corrected chi connectivity index (χ1v) is 5.75. The van der Waals surface area contributed by atoms with Gasteiger partial charge >= 0.3 is 0 Å². The van der Waals surface area contributed by atoms with E-state index in [0.29, 0.717) is 13.2 Å². The first-order valence-electron chi connectivity index (χ1n) is 5.75. The minimum absolute atomic E-state index is 0.0894. The lowest BCUT2D eigenvalue weighted by atomic mass is 10.2. The van der Waals surface area contributed by atoms with E-state index in [0.717, 1.165) is 23.5 Å². The Morgan fingerprint density at radius 3 is 2.59 bits per heavy atom. The Morgan fingerprint density at radius 2 is 2.00 bits per heavy atom. The molecule has 0 heterocycles. The molecule has 96 valence electrons. The third-order valence-electron chi connectivity index (χ3n) is 2.60. The van der Waals surface area contributed by atoms with Crippen molar-refractivity contribution in [3.05, 3.63) is 23.8 Å². The molecule has 0 saturated carbocycles. The van der Waals surface area contributed by atoms with Crippen molar-refractivity contribution in [2.75, 3.05) is 20.8 Å². The molecule has 4 nitrogen and oxygen atoms in total. The fraction of sp³-hybridized carbons (Fsp3) is 0.538. The first kappa shape index (κ1) is 13.8. The van der Waals surface area contributed by atoms with Gasteiger partial charge in [-0.2, -0.15) is 0 Å². The number of methoxy groups -OCH3 is 2. The molecule has 0 amide bonds. The summed E-state index contributed by atoms with van der Waals surface area (Å²) in [6.45, 7) is 3.07. The van der Waals surface area contributed by atoms with Crippen molar-refractivity contribution in [3.8, 4) is 11.5 Å². The van der Waals surface area contributed by atoms with Crippen molar-refractivity contribution in [1.29, 1.82) is 0 Å². The van der Waals surface area contributed by atoms with Crippen molar-refractivity contribution < 1.29 is 14.2 Å². The van der Waals surface area contributed by atoms with Gasteiger partial charge < -0.3 is 19.9 Å². The molecule has 1 aromatic rings. The molecule has 0 aromatic heterocycles. The van der Waals surface area contributed by atoms with E-state index in [2.05, 4.69) is 0 Å². The number of benzene rings is 1. The average Bonchev–Trinajstić information content (AvgIpc) is 2.38. The molecular formula is C13H21NO3. The molecule has 0 radical (unpaired) electrons. The Labute approximate surface area is 103 Å². The summed E-state index contributed by atoms with van der Waals surface area (Å²) in [6.07, 6.45) is 0.912. The summed E-state index contributed by atoms with van der Waals surface area (Å²) in [5.74, 6) is 1.60. The standard InChI is InChI=1S/C13H21NO3/c1-4-11(14)9-17-8-10-7-12(15-2)5-6-13(10)16-3/h5-7,11H,4,8-9,14H2,1-3H3. The lowest BCUT2D eigenvalue weighted by molar-refractivity contribution is 0.105. The lowest BCUT2D eigenvalue weighted by Crippen LogP contribution is -2.24. The number of hydrogen-bond donors (Lipinski definition) is 1. The molecular weight excluding hydrogens is 218 g/mol. The molecule has 2 N–H and O–H groups in total. The summed E-state index contributed by atoms with van der Waals surface area (Å²) in [6, 6.07) is 5.74. The Hall–Kier alpha value is -1.26. The van der Waals surface area contributed by atoms with Crippen LogP contribution < -0.4 is 15.2 Å². The summed E-state index contributed by atoms with van der Waals surface area (Å²) >= 11 is 0. The zero-order valence-electron chi connectivity index (χ0n) is 10.7. The van der Waals surface area contributed by atoms with Crippen LogP contribution in [0.3, 0.4) is 0 Å². The van der Waals surface area contributed by atoms with Gasteiger partial charge in [0.1, 0.15) is 11.5 Å². The van der Waals surface area contributed by atoms with Crippen LogP contribution in [0.25, 0.3) is 0 Å². The average molecular weight is 239 g/mol. The second-order valence-electron chi connectivity index (χ2n) is 3.86. The maximum atomic E-state index is 5.78. The summed E-state index contributed by atoms with van der Waals surface area (Å²) in [7, 11) is 3.28. The highest BCUT2D eigenvalue weighted by molar-refractivity contribution is 5.39. The molecule has 0 saturated heterocycles. The molecule has 1 atom stereocenters. The maximum absolute atomic E-state index is 5.78. The third-order valence-corrected chi connectivity index (χ3v) is 2.60. The van der Waals surface area contributed by atoms with Crippen LogP contribution in [-0.4, -0.2) is 26.9 Å². The highest BCUT2D eigenvalue weighted by Gasteiger charge is 2.06. The summed E-state index contributed by atoms with van der Waals surface area (Å²) in [5, 5.41) is 0. The summed E-state index contributed by atoms with van der Waals surface area (Å²) in [4.78, 5) is 0. The number of rotatable bonds is 7. The maximum Gasteiger partial charge on any atom is 0.124 e. The Balaban J connectivity index is 2.61. The summed E-state index contributed by atoms with van der Waals surface area (Å²) < 4.78 is 16.0. The predicted molar refractivity (Wildman–Crippen MR) is 67.5 cm³/mol. The Kier molecular flexibility index (Phi) is 5.80. The van der Waals surface area contributed by atoms with Gasteiger partial charge in [-0.25, -0.2) is 0 Å². The van der Waals surface area contributed by atoms with E-state index in [1.807, 2.05) is 25.1 Å². The van der Waals surface area contributed by atoms with Crippen molar-refractivity contribution in [2.24, 2.45) is 5.73 Å². The van der Waals surface area contributed by atoms with Crippen molar-refractivity contribution in [1.82, 2.24) is 0 Å². The molecule has 0 aliphatic heterocycles. The highest BCUT2D eigenvalue weighted by Crippen LogP contribution is 2.24. The van der Waals surface area contributed by atoms with E-state index in [9.17, 15) is 0 Å². The topological polar surface area (TPSA) is 53.7 Å². The van der Waals surface area contributed by atoms with Gasteiger partial charge in [0.15, 0.2) is 0 Å². The molecule has 0 aliphatic carbocycles. The Bertz CT molecular complexity index is 341. The molecule has 0 bridgehead atoms. The largest absolute Gasteiger partial charge is 0.497 e. The number of hydrogen-bond acceptors (Lipinski definition) is 4. The van der Waals surface area contributed by atoms with E-state index in [1.165, 1.54) is 0 Å². The minimum Gasteiger partial charge on any atom is -0.497 e. The van der Waals surface area contributed by atoms with Crippen LogP contribution in [0.4, 0.5) is 0 Å². The van der Waals surface area contributed by atoms with Gasteiger partial charge in [-0.3, -0.25) is 0 Å². The van der Waals surface area contributed by atoms with Gasteiger partial charge in [-0.15, -0.1) is 0 Å². The van der Waals surface area contributed by atoms with Crippen LogP contribution in [-0.2, 0) is 11.3 Å². The van der Waals surface area contributed by atoms with Crippen LogP contribution in [0.1, 0.15) is 18.9 Å². The second-order valence-corrected chi connectivity index (χ2v) is 3.86. The number of ether oxygens (including phenoxy) is 3. The van der Waals surface area contributed by atoms with Gasteiger partial charge in [0.05, 0.1) is 27.4 Å². The molecule has 4 heteroatoms. The summed E-state index contributed by atoms with van der Waals surface area (Å²) in [5.41, 5.74) is 6.75. The fourth-order valence-corrected chi connectivity index (χ4v) is 1.43. The van der Waals surface area contributed by atoms with Crippen LogP contribution in [0.5, 0.6) is 11.5 Å². The monoisotopic (exact) mass is 239 g/mol. The zero-order valence-corrected chi connectivity index (χ0v) is 10.7. The second kappa shape index (κ2) is 7.14. The predicted octanol–water partition coefficient (Wildman–Crippen LogP) is 1.96. The van der Waals surface area contributed by atoms with Crippen LogP contribution in [0.2, 0.25) is 0 Å². The van der Waals surface area contributed by atoms with Crippen LogP contribution in [0.15, 0.2) is 18.2 Å². The molecule has 0 fully saturated rings. The molecule has 17 heavy (non-hydrogen) atoms. The van der Waals surface area contributed by atoms with Gasteiger partial charge in [0.25, 0.3) is 0 Å². The zero-order chi connectivity index (χ0) is 12.7. The smallest absolute Gasteiger partial charge is 0.124 e. The van der Waals surface area contributed by atoms with Gasteiger partial charge in [0.2, 0.25) is 0 Å². The van der Waals surface area contributed by atoms with Crippen LogP contribution in [0, 0.1) is 0 Å². The SMILES string of the molecule is CCC(N)COCc1cc(OC)ccc1OC. The molecule has 1 unspecified atom stereocenters. The van der Waals surface area contributed by atoms with E-state index < -0.39 is 0 Å². The molecule has 1 aromatic carbocycles. The minimum atomic E-state index is 0.0894. The molecule has 0 aliphatic rings. The van der Waals surface area contributed by atoms with Gasteiger partial charge in [-0.05, 0) is 24.6 Å². The number of nitrogens with two attached hydrogens (primary N) is 1. The lowest BCUT2D eigenvalue weighted by Gasteiger charge is -2.13. The van der Waals surface area contributed by atoms with Gasteiger partial charge in [0, 0.05) is 11.6 Å². The van der Waals surface area contributed by atoms with E-state index in [4.69, 9.17) is 19.9 Å². The van der Waals surface area contributed by atoms with E-state index >= 15 is 0 Å². The van der Waals surface area contributed by atoms with Crippen molar-refractivity contribution >= 4 is 0 Å². The van der Waals surface area contributed by atoms with Gasteiger partial charge in [-0.1, -0.05) is 6.92 Å². The highest BCUT2D eigenvalue weighted by atomic mass is 16.5.